The van der Waals surface area contributed by atoms with Crippen LogP contribution in [0, 0.1) is 11.8 Å². The second kappa shape index (κ2) is 11.7. The fourth-order valence-corrected chi connectivity index (χ4v) is 6.67. The van der Waals surface area contributed by atoms with E-state index in [1.165, 1.54) is 12.3 Å². The lowest BCUT2D eigenvalue weighted by atomic mass is 9.89. The van der Waals surface area contributed by atoms with Crippen LogP contribution in [0.3, 0.4) is 0 Å². The molecule has 2 aliphatic heterocycles. The minimum Gasteiger partial charge on any atom is -0.482 e. The molecule has 1 saturated heterocycles. The number of hydrogen-bond donors (Lipinski definition) is 1. The van der Waals surface area contributed by atoms with Gasteiger partial charge in [0.25, 0.3) is 10.0 Å². The van der Waals surface area contributed by atoms with E-state index in [0.29, 0.717) is 31.4 Å². The summed E-state index contributed by atoms with van der Waals surface area (Å²) in [6.07, 6.45) is 2.44. The van der Waals surface area contributed by atoms with E-state index in [-0.39, 0.29) is 41.4 Å². The molecule has 0 spiro atoms. The number of carbonyl (C=O) groups excluding carboxylic acids is 3. The largest absolute Gasteiger partial charge is 0.482 e. The standard InChI is InChI=1S/C28H35N3O6S/c1-18(2)14-21(15-23(32)26-16-20-8-4-5-9-25(20)37-26)28(34)30-22-12-11-19(3)31(17-24(22)33)38(35,36)27-10-6-7-13-29-27/h4-10,13,18-19,21-22,26H,11-12,14-17H2,1-3H3,(H,30,34)/t19-,21-,22+,26?/m1/s1. The second-order valence-corrected chi connectivity index (χ2v) is 12.4. The molecule has 0 radical (unpaired) electrons. The van der Waals surface area contributed by atoms with Gasteiger partial charge < -0.3 is 10.1 Å². The first-order valence-corrected chi connectivity index (χ1v) is 14.5. The van der Waals surface area contributed by atoms with Crippen LogP contribution in [0.1, 0.15) is 52.0 Å². The summed E-state index contributed by atoms with van der Waals surface area (Å²) in [5.74, 6) is -0.656. The number of ether oxygens (including phenoxy) is 1. The van der Waals surface area contributed by atoms with Crippen molar-refractivity contribution >= 4 is 27.5 Å². The molecule has 1 amide bonds. The van der Waals surface area contributed by atoms with Gasteiger partial charge in [-0.1, -0.05) is 38.1 Å². The fourth-order valence-electron chi connectivity index (χ4n) is 5.10. The molecule has 1 unspecified atom stereocenters. The predicted molar refractivity (Wildman–Crippen MR) is 141 cm³/mol. The number of hydrogen-bond acceptors (Lipinski definition) is 7. The number of benzene rings is 1. The third kappa shape index (κ3) is 6.30. The van der Waals surface area contributed by atoms with E-state index in [4.69, 9.17) is 4.74 Å². The number of pyridine rings is 1. The Balaban J connectivity index is 1.42. The predicted octanol–water partition coefficient (Wildman–Crippen LogP) is 2.93. The minimum atomic E-state index is -3.97. The highest BCUT2D eigenvalue weighted by Gasteiger charge is 2.39. The monoisotopic (exact) mass is 541 g/mol. The molecule has 0 aliphatic carbocycles. The first-order chi connectivity index (χ1) is 18.1. The first kappa shape index (κ1) is 27.9. The van der Waals surface area contributed by atoms with Crippen LogP contribution in [-0.4, -0.2) is 59.9 Å². The zero-order valence-corrected chi connectivity index (χ0v) is 22.8. The average molecular weight is 542 g/mol. The number of Topliss-reactive ketones (excluding diaryl/α,β-unsaturated/α-hetero) is 2. The number of ketones is 2. The maximum absolute atomic E-state index is 13.4. The summed E-state index contributed by atoms with van der Waals surface area (Å²) in [5.41, 5.74) is 0.971. The molecule has 9 nitrogen and oxygen atoms in total. The van der Waals surface area contributed by atoms with Gasteiger partial charge in [0.2, 0.25) is 5.91 Å². The van der Waals surface area contributed by atoms with E-state index < -0.39 is 34.1 Å². The number of fused-ring (bicyclic) bond motifs is 1. The van der Waals surface area contributed by atoms with Gasteiger partial charge in [0, 0.05) is 31.0 Å². The van der Waals surface area contributed by atoms with Gasteiger partial charge in [-0.25, -0.2) is 13.4 Å². The lowest BCUT2D eigenvalue weighted by molar-refractivity contribution is -0.134. The Kier molecular flexibility index (Phi) is 8.62. The Morgan fingerprint density at radius 2 is 1.87 bits per heavy atom. The molecule has 0 bridgehead atoms. The highest BCUT2D eigenvalue weighted by Crippen LogP contribution is 2.30. The Morgan fingerprint density at radius 3 is 2.55 bits per heavy atom. The molecular formula is C28H35N3O6S. The van der Waals surface area contributed by atoms with Crippen LogP contribution < -0.4 is 10.1 Å². The van der Waals surface area contributed by atoms with Crippen LogP contribution in [0.5, 0.6) is 5.75 Å². The van der Waals surface area contributed by atoms with Crippen molar-refractivity contribution in [2.24, 2.45) is 11.8 Å². The summed E-state index contributed by atoms with van der Waals surface area (Å²) in [5, 5.41) is 2.72. The summed E-state index contributed by atoms with van der Waals surface area (Å²) in [7, 11) is -3.97. The Morgan fingerprint density at radius 1 is 1.13 bits per heavy atom. The molecular weight excluding hydrogens is 506 g/mol. The molecule has 0 saturated carbocycles. The molecule has 2 aromatic rings. The third-order valence-electron chi connectivity index (χ3n) is 7.17. The normalized spacial score (nSPS) is 22.8. The van der Waals surface area contributed by atoms with Gasteiger partial charge in [0.05, 0.1) is 12.6 Å². The van der Waals surface area contributed by atoms with E-state index in [9.17, 15) is 22.8 Å². The number of aromatic nitrogens is 1. The highest BCUT2D eigenvalue weighted by atomic mass is 32.2. The summed E-state index contributed by atoms with van der Waals surface area (Å²) in [6.45, 7) is 5.35. The number of carbonyl (C=O) groups is 3. The third-order valence-corrected chi connectivity index (χ3v) is 9.05. The molecule has 4 rings (SSSR count). The van der Waals surface area contributed by atoms with E-state index in [1.807, 2.05) is 38.1 Å². The number of amides is 1. The number of para-hydroxylation sites is 1. The lowest BCUT2D eigenvalue weighted by Crippen LogP contribution is -2.47. The van der Waals surface area contributed by atoms with Crippen LogP contribution in [0.15, 0.2) is 53.7 Å². The number of rotatable bonds is 9. The van der Waals surface area contributed by atoms with Gasteiger partial charge in [-0.3, -0.25) is 14.4 Å². The van der Waals surface area contributed by atoms with Crippen molar-refractivity contribution in [3.8, 4) is 5.75 Å². The molecule has 1 fully saturated rings. The quantitative estimate of drug-likeness (QED) is 0.518. The molecule has 204 valence electrons. The maximum Gasteiger partial charge on any atom is 0.261 e. The van der Waals surface area contributed by atoms with Crippen LogP contribution in [-0.2, 0) is 30.8 Å². The van der Waals surface area contributed by atoms with E-state index in [1.54, 1.807) is 19.1 Å². The van der Waals surface area contributed by atoms with Crippen molar-refractivity contribution in [1.82, 2.24) is 14.6 Å². The van der Waals surface area contributed by atoms with Crippen molar-refractivity contribution in [2.45, 2.75) is 76.1 Å². The summed E-state index contributed by atoms with van der Waals surface area (Å²) >= 11 is 0. The molecule has 3 heterocycles. The number of nitrogens with zero attached hydrogens (tertiary/aromatic N) is 2. The molecule has 4 atom stereocenters. The van der Waals surface area contributed by atoms with Gasteiger partial charge in [-0.15, -0.1) is 0 Å². The SMILES string of the molecule is CC(C)C[C@H](CC(=O)C1Cc2ccccc2O1)C(=O)N[C@H]1CC[C@@H](C)N(S(=O)(=O)c2ccccn2)CC1=O. The number of nitrogens with one attached hydrogen (secondary N) is 1. The van der Waals surface area contributed by atoms with Crippen molar-refractivity contribution in [2.75, 3.05) is 6.54 Å². The van der Waals surface area contributed by atoms with Gasteiger partial charge in [-0.2, -0.15) is 4.31 Å². The molecule has 1 aromatic heterocycles. The summed E-state index contributed by atoms with van der Waals surface area (Å²) in [6, 6.07) is 10.8. The van der Waals surface area contributed by atoms with Gasteiger partial charge in [-0.05, 0) is 55.9 Å². The van der Waals surface area contributed by atoms with Gasteiger partial charge >= 0.3 is 0 Å². The Labute approximate surface area is 224 Å². The smallest absolute Gasteiger partial charge is 0.261 e. The van der Waals surface area contributed by atoms with E-state index >= 15 is 0 Å². The molecule has 38 heavy (non-hydrogen) atoms. The van der Waals surface area contributed by atoms with Gasteiger partial charge in [0.15, 0.2) is 22.7 Å². The van der Waals surface area contributed by atoms with Crippen molar-refractivity contribution in [3.05, 3.63) is 54.2 Å². The van der Waals surface area contributed by atoms with Gasteiger partial charge in [0.1, 0.15) is 5.75 Å². The van der Waals surface area contributed by atoms with Crippen molar-refractivity contribution < 1.29 is 27.5 Å². The van der Waals surface area contributed by atoms with Crippen molar-refractivity contribution in [3.63, 3.8) is 0 Å². The zero-order valence-electron chi connectivity index (χ0n) is 22.0. The van der Waals surface area contributed by atoms with Crippen LogP contribution in [0.4, 0.5) is 0 Å². The summed E-state index contributed by atoms with van der Waals surface area (Å²) in [4.78, 5) is 43.6. The molecule has 10 heteroatoms. The Bertz CT molecular complexity index is 1260. The van der Waals surface area contributed by atoms with Crippen LogP contribution in [0.25, 0.3) is 0 Å². The molecule has 1 aromatic carbocycles. The minimum absolute atomic E-state index is 0.0141. The fraction of sp³-hybridized carbons (Fsp3) is 0.500. The summed E-state index contributed by atoms with van der Waals surface area (Å²) < 4.78 is 33.3. The highest BCUT2D eigenvalue weighted by molar-refractivity contribution is 7.89. The second-order valence-electron chi connectivity index (χ2n) is 10.6. The zero-order chi connectivity index (χ0) is 27.4. The lowest BCUT2D eigenvalue weighted by Gasteiger charge is -2.25. The first-order valence-electron chi connectivity index (χ1n) is 13.1. The van der Waals surface area contributed by atoms with Crippen LogP contribution >= 0.6 is 0 Å². The topological polar surface area (TPSA) is 123 Å². The van der Waals surface area contributed by atoms with Crippen LogP contribution in [0.2, 0.25) is 0 Å². The van der Waals surface area contributed by atoms with Crippen molar-refractivity contribution in [1.29, 1.82) is 0 Å². The van der Waals surface area contributed by atoms with E-state index in [2.05, 4.69) is 10.3 Å². The molecule has 1 N–H and O–H groups in total. The maximum atomic E-state index is 13.4. The van der Waals surface area contributed by atoms with E-state index in [0.717, 1.165) is 9.87 Å². The Hall–Kier alpha value is -3.11. The number of sulfonamides is 1. The average Bonchev–Trinajstić information content (AvgIpc) is 3.27. The molecule has 2 aliphatic rings.